The van der Waals surface area contributed by atoms with Gasteiger partial charge in [-0.25, -0.2) is 0 Å². The first-order valence-electron chi connectivity index (χ1n) is 7.18. The fourth-order valence-electron chi connectivity index (χ4n) is 2.50. The third-order valence-corrected chi connectivity index (χ3v) is 4.89. The Bertz CT molecular complexity index is 614. The SMILES string of the molecule is Cn1cnnc1CCNC(=O)c1ccc(C2CCCN2)s1. The molecule has 7 heteroatoms. The monoisotopic (exact) mass is 305 g/mol. The van der Waals surface area contributed by atoms with Gasteiger partial charge in [0.2, 0.25) is 0 Å². The fourth-order valence-corrected chi connectivity index (χ4v) is 3.53. The zero-order valence-electron chi connectivity index (χ0n) is 12.0. The van der Waals surface area contributed by atoms with Gasteiger partial charge in [0.15, 0.2) is 0 Å². The average molecular weight is 305 g/mol. The predicted octanol–water partition coefficient (Wildman–Crippen LogP) is 1.27. The zero-order chi connectivity index (χ0) is 14.7. The van der Waals surface area contributed by atoms with Gasteiger partial charge in [0.1, 0.15) is 12.2 Å². The molecule has 0 radical (unpaired) electrons. The maximum atomic E-state index is 12.1. The maximum Gasteiger partial charge on any atom is 0.261 e. The molecule has 1 aliphatic rings. The Kier molecular flexibility index (Phi) is 4.31. The second kappa shape index (κ2) is 6.36. The summed E-state index contributed by atoms with van der Waals surface area (Å²) in [6.45, 7) is 1.64. The van der Waals surface area contributed by atoms with Crippen molar-refractivity contribution in [3.05, 3.63) is 34.0 Å². The van der Waals surface area contributed by atoms with Crippen LogP contribution < -0.4 is 10.6 Å². The molecule has 0 aliphatic carbocycles. The van der Waals surface area contributed by atoms with Gasteiger partial charge in [0, 0.05) is 30.9 Å². The van der Waals surface area contributed by atoms with Gasteiger partial charge in [0.25, 0.3) is 5.91 Å². The highest BCUT2D eigenvalue weighted by Gasteiger charge is 2.19. The molecule has 2 aromatic rings. The Labute approximate surface area is 127 Å². The van der Waals surface area contributed by atoms with Gasteiger partial charge in [-0.15, -0.1) is 21.5 Å². The number of hydrogen-bond donors (Lipinski definition) is 2. The second-order valence-corrected chi connectivity index (χ2v) is 6.33. The lowest BCUT2D eigenvalue weighted by Crippen LogP contribution is -2.25. The Hall–Kier alpha value is -1.73. The van der Waals surface area contributed by atoms with Crippen LogP contribution in [0.4, 0.5) is 0 Å². The van der Waals surface area contributed by atoms with Gasteiger partial charge in [-0.1, -0.05) is 0 Å². The van der Waals surface area contributed by atoms with Crippen LogP contribution in [0.5, 0.6) is 0 Å². The van der Waals surface area contributed by atoms with Crippen molar-refractivity contribution in [2.24, 2.45) is 7.05 Å². The van der Waals surface area contributed by atoms with E-state index in [-0.39, 0.29) is 5.91 Å². The van der Waals surface area contributed by atoms with Crippen LogP contribution >= 0.6 is 11.3 Å². The molecule has 0 saturated carbocycles. The van der Waals surface area contributed by atoms with Crippen molar-refractivity contribution in [2.75, 3.05) is 13.1 Å². The zero-order valence-corrected chi connectivity index (χ0v) is 12.8. The molecule has 6 nitrogen and oxygen atoms in total. The van der Waals surface area contributed by atoms with Gasteiger partial charge in [-0.2, -0.15) is 0 Å². The minimum atomic E-state index is -0.00795. The molecule has 1 unspecified atom stereocenters. The van der Waals surface area contributed by atoms with Crippen molar-refractivity contribution >= 4 is 17.2 Å². The summed E-state index contributed by atoms with van der Waals surface area (Å²) < 4.78 is 1.86. The number of hydrogen-bond acceptors (Lipinski definition) is 5. The minimum absolute atomic E-state index is 0.00795. The van der Waals surface area contributed by atoms with Crippen LogP contribution in [0.15, 0.2) is 18.5 Å². The standard InChI is InChI=1S/C14H19N5OS/c1-19-9-17-18-13(19)6-8-16-14(20)12-5-4-11(21-12)10-3-2-7-15-10/h4-5,9-10,15H,2-3,6-8H2,1H3,(H,16,20). The Balaban J connectivity index is 1.52. The summed E-state index contributed by atoms with van der Waals surface area (Å²) in [6.07, 6.45) is 4.72. The highest BCUT2D eigenvalue weighted by Crippen LogP contribution is 2.29. The molecule has 1 fully saturated rings. The Morgan fingerprint density at radius 1 is 1.57 bits per heavy atom. The van der Waals surface area contributed by atoms with Gasteiger partial charge < -0.3 is 15.2 Å². The normalized spacial score (nSPS) is 18.0. The summed E-state index contributed by atoms with van der Waals surface area (Å²) in [7, 11) is 1.90. The van der Waals surface area contributed by atoms with Crippen molar-refractivity contribution in [2.45, 2.75) is 25.3 Å². The minimum Gasteiger partial charge on any atom is -0.351 e. The number of aromatic nitrogens is 3. The maximum absolute atomic E-state index is 12.1. The van der Waals surface area contributed by atoms with E-state index in [1.54, 1.807) is 17.7 Å². The average Bonchev–Trinajstić information content (AvgIpc) is 3.19. The van der Waals surface area contributed by atoms with E-state index in [0.29, 0.717) is 19.0 Å². The third-order valence-electron chi connectivity index (χ3n) is 3.69. The lowest BCUT2D eigenvalue weighted by atomic mass is 10.2. The first kappa shape index (κ1) is 14.2. The quantitative estimate of drug-likeness (QED) is 0.873. The topological polar surface area (TPSA) is 71.8 Å². The van der Waals surface area contributed by atoms with Gasteiger partial charge in [-0.3, -0.25) is 4.79 Å². The van der Waals surface area contributed by atoms with Crippen LogP contribution in [0.25, 0.3) is 0 Å². The summed E-state index contributed by atoms with van der Waals surface area (Å²) in [4.78, 5) is 14.2. The molecular weight excluding hydrogens is 286 g/mol. The summed E-state index contributed by atoms with van der Waals surface area (Å²) in [5.74, 6) is 0.865. The number of thiophene rings is 1. The van der Waals surface area contributed by atoms with E-state index in [1.165, 1.54) is 11.3 Å². The number of nitrogens with one attached hydrogen (secondary N) is 2. The summed E-state index contributed by atoms with van der Waals surface area (Å²) in [6, 6.07) is 4.40. The van der Waals surface area contributed by atoms with E-state index in [0.717, 1.165) is 23.7 Å². The van der Waals surface area contributed by atoms with Gasteiger partial charge in [0.05, 0.1) is 4.88 Å². The second-order valence-electron chi connectivity index (χ2n) is 5.21. The molecule has 2 N–H and O–H groups in total. The van der Waals surface area contributed by atoms with E-state index in [1.807, 2.05) is 17.7 Å². The van der Waals surface area contributed by atoms with E-state index in [9.17, 15) is 4.79 Å². The highest BCUT2D eigenvalue weighted by molar-refractivity contribution is 7.14. The smallest absolute Gasteiger partial charge is 0.261 e. The van der Waals surface area contributed by atoms with Gasteiger partial charge in [-0.05, 0) is 31.5 Å². The molecular formula is C14H19N5OS. The van der Waals surface area contributed by atoms with E-state index < -0.39 is 0 Å². The number of carbonyl (C=O) groups excluding carboxylic acids is 1. The van der Waals surface area contributed by atoms with Crippen LogP contribution in [-0.2, 0) is 13.5 Å². The number of rotatable bonds is 5. The highest BCUT2D eigenvalue weighted by atomic mass is 32.1. The molecule has 0 aromatic carbocycles. The first-order valence-corrected chi connectivity index (χ1v) is 8.00. The molecule has 1 aliphatic heterocycles. The van der Waals surface area contributed by atoms with E-state index >= 15 is 0 Å². The van der Waals surface area contributed by atoms with Crippen LogP contribution in [0, 0.1) is 0 Å². The van der Waals surface area contributed by atoms with E-state index in [4.69, 9.17) is 0 Å². The fraction of sp³-hybridized carbons (Fsp3) is 0.500. The summed E-state index contributed by atoms with van der Waals surface area (Å²) in [5, 5.41) is 14.2. The summed E-state index contributed by atoms with van der Waals surface area (Å²) >= 11 is 1.58. The number of aryl methyl sites for hydroxylation is 1. The van der Waals surface area contributed by atoms with Crippen LogP contribution in [0.2, 0.25) is 0 Å². The number of nitrogens with zero attached hydrogens (tertiary/aromatic N) is 3. The Morgan fingerprint density at radius 2 is 2.48 bits per heavy atom. The lowest BCUT2D eigenvalue weighted by Gasteiger charge is -2.06. The largest absolute Gasteiger partial charge is 0.351 e. The third kappa shape index (κ3) is 3.30. The summed E-state index contributed by atoms with van der Waals surface area (Å²) in [5.41, 5.74) is 0. The number of carbonyl (C=O) groups is 1. The molecule has 0 bridgehead atoms. The van der Waals surface area contributed by atoms with E-state index in [2.05, 4.69) is 26.9 Å². The molecule has 0 spiro atoms. The molecule has 2 aromatic heterocycles. The van der Waals surface area contributed by atoms with Crippen LogP contribution in [0.3, 0.4) is 0 Å². The van der Waals surface area contributed by atoms with Crippen LogP contribution in [-0.4, -0.2) is 33.8 Å². The molecule has 21 heavy (non-hydrogen) atoms. The number of amides is 1. The van der Waals surface area contributed by atoms with Crippen molar-refractivity contribution in [3.8, 4) is 0 Å². The van der Waals surface area contributed by atoms with Crippen molar-refractivity contribution in [1.29, 1.82) is 0 Å². The molecule has 3 rings (SSSR count). The molecule has 112 valence electrons. The molecule has 1 atom stereocenters. The first-order chi connectivity index (χ1) is 10.2. The molecule has 1 saturated heterocycles. The molecule has 1 amide bonds. The van der Waals surface area contributed by atoms with Gasteiger partial charge >= 0.3 is 0 Å². The van der Waals surface area contributed by atoms with Crippen molar-refractivity contribution in [1.82, 2.24) is 25.4 Å². The van der Waals surface area contributed by atoms with Crippen molar-refractivity contribution < 1.29 is 4.79 Å². The lowest BCUT2D eigenvalue weighted by molar-refractivity contribution is 0.0958. The van der Waals surface area contributed by atoms with Crippen molar-refractivity contribution in [3.63, 3.8) is 0 Å². The molecule has 3 heterocycles. The van der Waals surface area contributed by atoms with Crippen LogP contribution in [0.1, 0.15) is 39.3 Å². The Morgan fingerprint density at radius 3 is 3.19 bits per heavy atom. The predicted molar refractivity (Wildman–Crippen MR) is 81.3 cm³/mol.